The standard InChI is InChI=1S/C10H11ClN4/c1-6-7(2)14-15(8(6)3)10-5-12-4-9(11)13-10/h4-5H,1-3H3. The van der Waals surface area contributed by atoms with E-state index in [2.05, 4.69) is 15.1 Å². The third-order valence-corrected chi connectivity index (χ3v) is 2.64. The summed E-state index contributed by atoms with van der Waals surface area (Å²) in [5, 5.41) is 4.75. The van der Waals surface area contributed by atoms with E-state index in [1.807, 2.05) is 20.8 Å². The Morgan fingerprint density at radius 2 is 1.93 bits per heavy atom. The molecule has 0 aliphatic heterocycles. The van der Waals surface area contributed by atoms with Crippen molar-refractivity contribution < 1.29 is 0 Å². The molecule has 0 fully saturated rings. The van der Waals surface area contributed by atoms with Gasteiger partial charge in [0.1, 0.15) is 5.15 Å². The molecule has 0 aromatic carbocycles. The first-order chi connectivity index (χ1) is 7.09. The molecule has 4 nitrogen and oxygen atoms in total. The van der Waals surface area contributed by atoms with E-state index in [1.165, 1.54) is 6.20 Å². The van der Waals surface area contributed by atoms with Crippen LogP contribution in [0, 0.1) is 20.8 Å². The number of aryl methyl sites for hydroxylation is 1. The summed E-state index contributed by atoms with van der Waals surface area (Å²) in [7, 11) is 0. The van der Waals surface area contributed by atoms with Crippen molar-refractivity contribution in [2.45, 2.75) is 20.8 Å². The normalized spacial score (nSPS) is 10.7. The van der Waals surface area contributed by atoms with Crippen LogP contribution in [0.1, 0.15) is 17.0 Å². The molecule has 0 amide bonds. The van der Waals surface area contributed by atoms with Gasteiger partial charge >= 0.3 is 0 Å². The molecule has 0 saturated heterocycles. The molecule has 2 aromatic heterocycles. The molecule has 15 heavy (non-hydrogen) atoms. The second-order valence-electron chi connectivity index (χ2n) is 3.41. The van der Waals surface area contributed by atoms with E-state index in [0.29, 0.717) is 11.0 Å². The average molecular weight is 223 g/mol. The van der Waals surface area contributed by atoms with Crippen LogP contribution in [0.5, 0.6) is 0 Å². The lowest BCUT2D eigenvalue weighted by atomic mass is 10.2. The summed E-state index contributed by atoms with van der Waals surface area (Å²) < 4.78 is 1.75. The third kappa shape index (κ3) is 1.72. The lowest BCUT2D eigenvalue weighted by Gasteiger charge is -2.02. The fraction of sp³-hybridized carbons (Fsp3) is 0.300. The zero-order valence-corrected chi connectivity index (χ0v) is 9.58. The van der Waals surface area contributed by atoms with E-state index in [0.717, 1.165) is 17.0 Å². The summed E-state index contributed by atoms with van der Waals surface area (Å²) in [6.45, 7) is 6.00. The third-order valence-electron chi connectivity index (χ3n) is 2.46. The summed E-state index contributed by atoms with van der Waals surface area (Å²) in [5.41, 5.74) is 3.22. The van der Waals surface area contributed by atoms with Gasteiger partial charge in [-0.3, -0.25) is 4.98 Å². The molecule has 0 radical (unpaired) electrons. The zero-order chi connectivity index (χ0) is 11.0. The highest BCUT2D eigenvalue weighted by atomic mass is 35.5. The first kappa shape index (κ1) is 10.1. The molecule has 0 bridgehead atoms. The Morgan fingerprint density at radius 3 is 2.47 bits per heavy atom. The molecule has 0 N–H and O–H groups in total. The Bertz CT molecular complexity index is 504. The van der Waals surface area contributed by atoms with Crippen molar-refractivity contribution in [1.29, 1.82) is 0 Å². The minimum atomic E-state index is 0.373. The zero-order valence-electron chi connectivity index (χ0n) is 8.82. The van der Waals surface area contributed by atoms with Gasteiger partial charge in [-0.1, -0.05) is 11.6 Å². The molecule has 0 saturated carbocycles. The molecule has 0 unspecified atom stereocenters. The molecule has 78 valence electrons. The van der Waals surface area contributed by atoms with Gasteiger partial charge in [0.25, 0.3) is 0 Å². The molecule has 0 aliphatic rings. The van der Waals surface area contributed by atoms with Crippen LogP contribution in [0.3, 0.4) is 0 Å². The maximum atomic E-state index is 5.78. The monoisotopic (exact) mass is 222 g/mol. The van der Waals surface area contributed by atoms with E-state index in [1.54, 1.807) is 10.9 Å². The van der Waals surface area contributed by atoms with Gasteiger partial charge in [-0.15, -0.1) is 0 Å². The first-order valence-electron chi connectivity index (χ1n) is 4.60. The Morgan fingerprint density at radius 1 is 1.20 bits per heavy atom. The summed E-state index contributed by atoms with van der Waals surface area (Å²) in [6, 6.07) is 0. The molecule has 5 heteroatoms. The maximum Gasteiger partial charge on any atom is 0.173 e. The van der Waals surface area contributed by atoms with Gasteiger partial charge in [0.2, 0.25) is 0 Å². The van der Waals surface area contributed by atoms with Gasteiger partial charge in [-0.2, -0.15) is 5.10 Å². The Hall–Kier alpha value is -1.42. The lowest BCUT2D eigenvalue weighted by molar-refractivity contribution is 0.799. The van der Waals surface area contributed by atoms with Crippen LogP contribution in [0.2, 0.25) is 5.15 Å². The number of hydrogen-bond acceptors (Lipinski definition) is 3. The Kier molecular flexibility index (Phi) is 2.44. The number of aromatic nitrogens is 4. The van der Waals surface area contributed by atoms with Gasteiger partial charge in [-0.05, 0) is 26.3 Å². The van der Waals surface area contributed by atoms with Gasteiger partial charge < -0.3 is 0 Å². The predicted molar refractivity (Wildman–Crippen MR) is 58.4 cm³/mol. The van der Waals surface area contributed by atoms with Crippen molar-refractivity contribution in [3.63, 3.8) is 0 Å². The largest absolute Gasteiger partial charge is 0.258 e. The van der Waals surface area contributed by atoms with Crippen LogP contribution in [0.15, 0.2) is 12.4 Å². The van der Waals surface area contributed by atoms with Gasteiger partial charge in [-0.25, -0.2) is 9.67 Å². The van der Waals surface area contributed by atoms with Crippen molar-refractivity contribution in [1.82, 2.24) is 19.7 Å². The highest BCUT2D eigenvalue weighted by Gasteiger charge is 2.10. The van der Waals surface area contributed by atoms with Gasteiger partial charge in [0.15, 0.2) is 5.82 Å². The summed E-state index contributed by atoms with van der Waals surface area (Å²) in [6.07, 6.45) is 3.15. The van der Waals surface area contributed by atoms with Gasteiger partial charge in [0.05, 0.1) is 18.1 Å². The topological polar surface area (TPSA) is 43.6 Å². The van der Waals surface area contributed by atoms with Crippen LogP contribution in [0.25, 0.3) is 5.82 Å². The highest BCUT2D eigenvalue weighted by Crippen LogP contribution is 2.15. The SMILES string of the molecule is Cc1nn(-c2cncc(Cl)n2)c(C)c1C. The maximum absolute atomic E-state index is 5.78. The minimum Gasteiger partial charge on any atom is -0.258 e. The van der Waals surface area contributed by atoms with E-state index in [9.17, 15) is 0 Å². The fourth-order valence-corrected chi connectivity index (χ4v) is 1.52. The summed E-state index contributed by atoms with van der Waals surface area (Å²) in [4.78, 5) is 8.15. The highest BCUT2D eigenvalue weighted by molar-refractivity contribution is 6.29. The smallest absolute Gasteiger partial charge is 0.173 e. The van der Waals surface area contributed by atoms with Gasteiger partial charge in [0, 0.05) is 5.69 Å². The second kappa shape index (κ2) is 3.62. The van der Waals surface area contributed by atoms with Crippen LogP contribution in [0.4, 0.5) is 0 Å². The molecular formula is C10H11ClN4. The summed E-state index contributed by atoms with van der Waals surface area (Å²) in [5.74, 6) is 0.649. The number of halogens is 1. The van der Waals surface area contributed by atoms with Crippen LogP contribution in [-0.2, 0) is 0 Å². The molecular weight excluding hydrogens is 212 g/mol. The number of hydrogen-bond donors (Lipinski definition) is 0. The summed E-state index contributed by atoms with van der Waals surface area (Å²) >= 11 is 5.78. The molecule has 2 rings (SSSR count). The van der Waals surface area contributed by atoms with Crippen LogP contribution < -0.4 is 0 Å². The first-order valence-corrected chi connectivity index (χ1v) is 4.98. The van der Waals surface area contributed by atoms with E-state index in [-0.39, 0.29) is 0 Å². The van der Waals surface area contributed by atoms with Crippen LogP contribution >= 0.6 is 11.6 Å². The van der Waals surface area contributed by atoms with E-state index < -0.39 is 0 Å². The number of nitrogens with zero attached hydrogens (tertiary/aromatic N) is 4. The Labute approximate surface area is 92.9 Å². The van der Waals surface area contributed by atoms with E-state index in [4.69, 9.17) is 11.6 Å². The fourth-order valence-electron chi connectivity index (χ4n) is 1.38. The quantitative estimate of drug-likeness (QED) is 0.743. The van der Waals surface area contributed by atoms with Crippen LogP contribution in [-0.4, -0.2) is 19.7 Å². The minimum absolute atomic E-state index is 0.373. The number of rotatable bonds is 1. The Balaban J connectivity index is 2.59. The van der Waals surface area contributed by atoms with Crippen molar-refractivity contribution in [3.8, 4) is 5.82 Å². The molecule has 0 aliphatic carbocycles. The molecule has 0 atom stereocenters. The van der Waals surface area contributed by atoms with Crippen molar-refractivity contribution >= 4 is 11.6 Å². The molecule has 2 aromatic rings. The van der Waals surface area contributed by atoms with Crippen molar-refractivity contribution in [3.05, 3.63) is 34.5 Å². The molecule has 2 heterocycles. The lowest BCUT2D eigenvalue weighted by Crippen LogP contribution is -2.02. The van der Waals surface area contributed by atoms with Crippen molar-refractivity contribution in [2.75, 3.05) is 0 Å². The average Bonchev–Trinajstić information content (AvgIpc) is 2.46. The second-order valence-corrected chi connectivity index (χ2v) is 3.79. The van der Waals surface area contributed by atoms with E-state index >= 15 is 0 Å². The molecule has 0 spiro atoms. The predicted octanol–water partition coefficient (Wildman–Crippen LogP) is 2.24. The van der Waals surface area contributed by atoms with Crippen molar-refractivity contribution in [2.24, 2.45) is 0 Å².